The highest BCUT2D eigenvalue weighted by Crippen LogP contribution is 2.09. The summed E-state index contributed by atoms with van der Waals surface area (Å²) in [5.41, 5.74) is 0. The van der Waals surface area contributed by atoms with Crippen LogP contribution < -0.4 is 5.32 Å². The van der Waals surface area contributed by atoms with Gasteiger partial charge < -0.3 is 9.32 Å². The molecule has 0 unspecified atom stereocenters. The molecule has 73 valence electrons. The lowest BCUT2D eigenvalue weighted by molar-refractivity contribution is -0.121. The van der Waals surface area contributed by atoms with Gasteiger partial charge in [-0.1, -0.05) is 0 Å². The first-order valence-electron chi connectivity index (χ1n) is 4.31. The van der Waals surface area contributed by atoms with E-state index in [4.69, 9.17) is 4.42 Å². The van der Waals surface area contributed by atoms with Crippen molar-refractivity contribution in [3.05, 3.63) is 24.2 Å². The molecular formula is C9H9N2O3. The lowest BCUT2D eigenvalue weighted by Gasteiger charge is -2.23. The molecule has 1 aliphatic heterocycles. The van der Waals surface area contributed by atoms with Crippen LogP contribution in [0.2, 0.25) is 0 Å². The third-order valence-electron chi connectivity index (χ3n) is 2.01. The molecule has 3 amide bonds. The van der Waals surface area contributed by atoms with Crippen LogP contribution in [-0.2, 0) is 11.3 Å². The topological polar surface area (TPSA) is 64.6 Å². The molecule has 1 fully saturated rings. The molecule has 1 saturated heterocycles. The summed E-state index contributed by atoms with van der Waals surface area (Å²) in [5, 5.41) is 3.35. The van der Waals surface area contributed by atoms with Gasteiger partial charge in [0.15, 0.2) is 0 Å². The normalized spacial score (nSPS) is 17.0. The van der Waals surface area contributed by atoms with Crippen LogP contribution in [0.5, 0.6) is 0 Å². The minimum Gasteiger partial charge on any atom is -0.467 e. The fourth-order valence-electron chi connectivity index (χ4n) is 1.30. The second-order valence-electron chi connectivity index (χ2n) is 3.04. The van der Waals surface area contributed by atoms with Crippen molar-refractivity contribution in [1.82, 2.24) is 10.2 Å². The quantitative estimate of drug-likeness (QED) is 0.695. The maximum Gasteiger partial charge on any atom is 0.347 e. The average Bonchev–Trinajstić information content (AvgIpc) is 2.62. The molecule has 0 saturated carbocycles. The summed E-state index contributed by atoms with van der Waals surface area (Å²) in [6.07, 6.45) is 1.85. The molecule has 1 radical (unpaired) electrons. The van der Waals surface area contributed by atoms with Crippen molar-refractivity contribution in [3.63, 3.8) is 0 Å². The molecule has 0 bridgehead atoms. The molecule has 0 atom stereocenters. The SMILES string of the molecule is O=C1CCN(Cc2ccco2)C(=O)[N]1. The Labute approximate surface area is 80.7 Å². The van der Waals surface area contributed by atoms with E-state index >= 15 is 0 Å². The summed E-state index contributed by atoms with van der Waals surface area (Å²) >= 11 is 0. The van der Waals surface area contributed by atoms with Gasteiger partial charge in [0.05, 0.1) is 12.8 Å². The molecule has 5 nitrogen and oxygen atoms in total. The first kappa shape index (κ1) is 8.80. The summed E-state index contributed by atoms with van der Waals surface area (Å²) in [6, 6.07) is 3.06. The minimum atomic E-state index is -0.474. The number of carbonyl (C=O) groups excluding carboxylic acids is 2. The zero-order valence-electron chi connectivity index (χ0n) is 7.47. The van der Waals surface area contributed by atoms with E-state index in [1.807, 2.05) is 0 Å². The number of rotatable bonds is 2. The summed E-state index contributed by atoms with van der Waals surface area (Å²) in [7, 11) is 0. The Kier molecular flexibility index (Phi) is 2.22. The largest absolute Gasteiger partial charge is 0.467 e. The number of hydrogen-bond acceptors (Lipinski definition) is 3. The van der Waals surface area contributed by atoms with Gasteiger partial charge in [-0.15, -0.1) is 0 Å². The Bertz CT molecular complexity index is 345. The van der Waals surface area contributed by atoms with Gasteiger partial charge in [-0.2, -0.15) is 5.32 Å². The molecule has 5 heteroatoms. The van der Waals surface area contributed by atoms with Crippen molar-refractivity contribution in [2.75, 3.05) is 6.54 Å². The van der Waals surface area contributed by atoms with E-state index in [9.17, 15) is 9.59 Å². The fraction of sp³-hybridized carbons (Fsp3) is 0.333. The van der Waals surface area contributed by atoms with Crippen molar-refractivity contribution >= 4 is 11.9 Å². The maximum atomic E-state index is 11.2. The highest BCUT2D eigenvalue weighted by molar-refractivity contribution is 5.96. The van der Waals surface area contributed by atoms with Gasteiger partial charge in [0.2, 0.25) is 0 Å². The minimum absolute atomic E-state index is 0.298. The standard InChI is InChI=1S/C9H9N2O3/c12-8-3-4-11(9(13)10-8)6-7-2-1-5-14-7/h1-2,5H,3-4,6H2. The number of furan rings is 1. The number of carbonyl (C=O) groups is 2. The van der Waals surface area contributed by atoms with Crippen LogP contribution in [0.25, 0.3) is 0 Å². The van der Waals surface area contributed by atoms with E-state index in [0.29, 0.717) is 25.3 Å². The molecule has 0 N–H and O–H groups in total. The van der Waals surface area contributed by atoms with Gasteiger partial charge in [-0.25, -0.2) is 4.79 Å². The summed E-state index contributed by atoms with van der Waals surface area (Å²) in [5.74, 6) is 0.355. The summed E-state index contributed by atoms with van der Waals surface area (Å²) in [6.45, 7) is 0.796. The Morgan fingerprint density at radius 2 is 2.36 bits per heavy atom. The van der Waals surface area contributed by atoms with Gasteiger partial charge in [0.1, 0.15) is 5.76 Å². The number of nitrogens with zero attached hydrogens (tertiary/aromatic N) is 2. The molecule has 2 heterocycles. The number of amides is 3. The van der Waals surface area contributed by atoms with E-state index in [1.54, 1.807) is 18.4 Å². The third-order valence-corrected chi connectivity index (χ3v) is 2.01. The van der Waals surface area contributed by atoms with E-state index in [-0.39, 0.29) is 5.91 Å². The zero-order chi connectivity index (χ0) is 9.97. The Morgan fingerprint density at radius 3 is 3.00 bits per heavy atom. The van der Waals surface area contributed by atoms with Gasteiger partial charge in [-0.3, -0.25) is 4.79 Å². The van der Waals surface area contributed by atoms with Crippen LogP contribution >= 0.6 is 0 Å². The zero-order valence-corrected chi connectivity index (χ0v) is 7.47. The molecule has 1 aromatic heterocycles. The van der Waals surface area contributed by atoms with Crippen molar-refractivity contribution in [3.8, 4) is 0 Å². The second-order valence-corrected chi connectivity index (χ2v) is 3.04. The lowest BCUT2D eigenvalue weighted by atomic mass is 10.3. The Balaban J connectivity index is 1.99. The maximum absolute atomic E-state index is 11.2. The van der Waals surface area contributed by atoms with Crippen LogP contribution in [0, 0.1) is 0 Å². The van der Waals surface area contributed by atoms with E-state index < -0.39 is 6.03 Å². The first-order valence-corrected chi connectivity index (χ1v) is 4.31. The predicted octanol–water partition coefficient (Wildman–Crippen LogP) is 0.736. The first-order chi connectivity index (χ1) is 6.75. The van der Waals surface area contributed by atoms with Gasteiger partial charge in [-0.05, 0) is 12.1 Å². The van der Waals surface area contributed by atoms with E-state index in [1.165, 1.54) is 4.90 Å². The van der Waals surface area contributed by atoms with Crippen LogP contribution in [0.15, 0.2) is 22.8 Å². The smallest absolute Gasteiger partial charge is 0.347 e. The van der Waals surface area contributed by atoms with Gasteiger partial charge in [0.25, 0.3) is 5.91 Å². The molecule has 0 aliphatic carbocycles. The Morgan fingerprint density at radius 1 is 1.50 bits per heavy atom. The van der Waals surface area contributed by atoms with Crippen LogP contribution in [0.3, 0.4) is 0 Å². The van der Waals surface area contributed by atoms with Crippen LogP contribution in [0.1, 0.15) is 12.2 Å². The van der Waals surface area contributed by atoms with Crippen molar-refractivity contribution < 1.29 is 14.0 Å². The van der Waals surface area contributed by atoms with Crippen molar-refractivity contribution in [2.24, 2.45) is 0 Å². The van der Waals surface area contributed by atoms with Gasteiger partial charge >= 0.3 is 6.03 Å². The molecule has 0 aromatic carbocycles. The second kappa shape index (κ2) is 3.53. The van der Waals surface area contributed by atoms with Crippen LogP contribution in [-0.4, -0.2) is 23.4 Å². The summed E-state index contributed by atoms with van der Waals surface area (Å²) < 4.78 is 5.09. The third kappa shape index (κ3) is 1.76. The molecular weight excluding hydrogens is 184 g/mol. The predicted molar refractivity (Wildman–Crippen MR) is 46.3 cm³/mol. The summed E-state index contributed by atoms with van der Waals surface area (Å²) in [4.78, 5) is 23.5. The van der Waals surface area contributed by atoms with E-state index in [2.05, 4.69) is 5.32 Å². The molecule has 1 aliphatic rings. The Hall–Kier alpha value is -1.78. The van der Waals surface area contributed by atoms with Crippen molar-refractivity contribution in [1.29, 1.82) is 0 Å². The number of urea groups is 1. The number of imide groups is 1. The van der Waals surface area contributed by atoms with Gasteiger partial charge in [0, 0.05) is 13.0 Å². The highest BCUT2D eigenvalue weighted by Gasteiger charge is 2.25. The molecule has 14 heavy (non-hydrogen) atoms. The molecule has 2 rings (SSSR count). The van der Waals surface area contributed by atoms with E-state index in [0.717, 1.165) is 0 Å². The fourth-order valence-corrected chi connectivity index (χ4v) is 1.30. The molecule has 0 spiro atoms. The lowest BCUT2D eigenvalue weighted by Crippen LogP contribution is -2.44. The van der Waals surface area contributed by atoms with Crippen molar-refractivity contribution in [2.45, 2.75) is 13.0 Å². The monoisotopic (exact) mass is 193 g/mol. The average molecular weight is 193 g/mol. The van der Waals surface area contributed by atoms with Crippen LogP contribution in [0.4, 0.5) is 4.79 Å². The number of hydrogen-bond donors (Lipinski definition) is 0. The molecule has 1 aromatic rings. The highest BCUT2D eigenvalue weighted by atomic mass is 16.3.